The number of H-pyrrole nitrogens is 1. The molecule has 2 heterocycles. The maximum Gasteiger partial charge on any atom is 0.255 e. The summed E-state index contributed by atoms with van der Waals surface area (Å²) >= 11 is 0. The van der Waals surface area contributed by atoms with Crippen LogP contribution in [-0.2, 0) is 0 Å². The van der Waals surface area contributed by atoms with Gasteiger partial charge in [-0.25, -0.2) is 0 Å². The minimum Gasteiger partial charge on any atom is -0.336 e. The Bertz CT molecular complexity index is 506. The zero-order valence-electron chi connectivity index (χ0n) is 11.7. The number of hydrogen-bond donors (Lipinski definition) is 1. The van der Waals surface area contributed by atoms with Gasteiger partial charge in [-0.2, -0.15) is 0 Å². The Kier molecular flexibility index (Phi) is 3.87. The fourth-order valence-corrected chi connectivity index (χ4v) is 3.29. The molecule has 0 bridgehead atoms. The van der Waals surface area contributed by atoms with Crippen molar-refractivity contribution in [1.82, 2.24) is 14.8 Å². The summed E-state index contributed by atoms with van der Waals surface area (Å²) in [6.07, 6.45) is 6.83. The summed E-state index contributed by atoms with van der Waals surface area (Å²) in [5, 5.41) is 0. The lowest BCUT2D eigenvalue weighted by atomic mass is 10.1. The minimum atomic E-state index is -0.174. The molecule has 1 N–H and O–H groups in total. The first-order valence-electron chi connectivity index (χ1n) is 7.46. The standard InChI is InChI=1S/C15H21N3O2/c19-14-6-5-12(11-16-14)15(20)18-9-7-17(8-10-18)13-3-1-2-4-13/h5-6,11,13H,1-4,7-10H2,(H,16,19). The van der Waals surface area contributed by atoms with Crippen molar-refractivity contribution in [2.24, 2.45) is 0 Å². The molecule has 2 fully saturated rings. The predicted octanol–water partition coefficient (Wildman–Crippen LogP) is 1.08. The van der Waals surface area contributed by atoms with Crippen molar-refractivity contribution in [3.8, 4) is 0 Å². The number of hydrogen-bond acceptors (Lipinski definition) is 3. The first-order chi connectivity index (χ1) is 9.74. The number of nitrogens with zero attached hydrogens (tertiary/aromatic N) is 2. The van der Waals surface area contributed by atoms with Crippen molar-refractivity contribution >= 4 is 5.91 Å². The Morgan fingerprint density at radius 1 is 1.10 bits per heavy atom. The van der Waals surface area contributed by atoms with E-state index >= 15 is 0 Å². The highest BCUT2D eigenvalue weighted by molar-refractivity contribution is 5.93. The highest BCUT2D eigenvalue weighted by atomic mass is 16.2. The molecular formula is C15H21N3O2. The van der Waals surface area contributed by atoms with Crippen molar-refractivity contribution in [2.75, 3.05) is 26.2 Å². The lowest BCUT2D eigenvalue weighted by Gasteiger charge is -2.38. The molecule has 5 nitrogen and oxygen atoms in total. The number of piperazine rings is 1. The van der Waals surface area contributed by atoms with Crippen LogP contribution in [0.5, 0.6) is 0 Å². The van der Waals surface area contributed by atoms with E-state index in [0.717, 1.165) is 32.2 Å². The Labute approximate surface area is 118 Å². The van der Waals surface area contributed by atoms with Gasteiger partial charge in [-0.05, 0) is 18.9 Å². The van der Waals surface area contributed by atoms with Gasteiger partial charge in [0.25, 0.3) is 5.91 Å². The molecule has 1 aromatic heterocycles. The van der Waals surface area contributed by atoms with Gasteiger partial charge in [0.1, 0.15) is 0 Å². The maximum absolute atomic E-state index is 12.3. The van der Waals surface area contributed by atoms with E-state index in [4.69, 9.17) is 0 Å². The van der Waals surface area contributed by atoms with Crippen molar-refractivity contribution < 1.29 is 4.79 Å². The molecule has 0 spiro atoms. The van der Waals surface area contributed by atoms with Crippen LogP contribution in [-0.4, -0.2) is 52.9 Å². The van der Waals surface area contributed by atoms with E-state index in [2.05, 4.69) is 9.88 Å². The number of carbonyl (C=O) groups is 1. The van der Waals surface area contributed by atoms with Crippen LogP contribution in [0.2, 0.25) is 0 Å². The SMILES string of the molecule is O=C(c1ccc(=O)[nH]c1)N1CCN(C2CCCC2)CC1. The van der Waals surface area contributed by atoms with Gasteiger partial charge >= 0.3 is 0 Å². The average Bonchev–Trinajstić information content (AvgIpc) is 3.02. The zero-order valence-corrected chi connectivity index (χ0v) is 11.7. The summed E-state index contributed by atoms with van der Waals surface area (Å²) < 4.78 is 0. The number of rotatable bonds is 2. The predicted molar refractivity (Wildman–Crippen MR) is 76.8 cm³/mol. The smallest absolute Gasteiger partial charge is 0.255 e. The molecule has 5 heteroatoms. The Morgan fingerprint density at radius 3 is 2.40 bits per heavy atom. The van der Waals surface area contributed by atoms with Crippen molar-refractivity contribution in [1.29, 1.82) is 0 Å². The van der Waals surface area contributed by atoms with Crippen LogP contribution in [0, 0.1) is 0 Å². The molecule has 0 radical (unpaired) electrons. The second kappa shape index (κ2) is 5.79. The first-order valence-corrected chi connectivity index (χ1v) is 7.46. The lowest BCUT2D eigenvalue weighted by Crippen LogP contribution is -2.51. The number of carbonyl (C=O) groups excluding carboxylic acids is 1. The average molecular weight is 275 g/mol. The monoisotopic (exact) mass is 275 g/mol. The van der Waals surface area contributed by atoms with E-state index in [1.54, 1.807) is 6.07 Å². The summed E-state index contributed by atoms with van der Waals surface area (Å²) in [4.78, 5) is 30.3. The topological polar surface area (TPSA) is 56.4 Å². The molecule has 0 unspecified atom stereocenters. The van der Waals surface area contributed by atoms with E-state index in [1.165, 1.54) is 37.9 Å². The zero-order chi connectivity index (χ0) is 13.9. The Morgan fingerprint density at radius 2 is 1.80 bits per heavy atom. The number of pyridine rings is 1. The van der Waals surface area contributed by atoms with Crippen LogP contribution in [0.25, 0.3) is 0 Å². The van der Waals surface area contributed by atoms with Gasteiger partial charge in [-0.1, -0.05) is 12.8 Å². The molecule has 0 atom stereocenters. The van der Waals surface area contributed by atoms with Gasteiger partial charge in [0.15, 0.2) is 0 Å². The van der Waals surface area contributed by atoms with Crippen LogP contribution in [0.15, 0.2) is 23.1 Å². The van der Waals surface area contributed by atoms with Crippen LogP contribution in [0.3, 0.4) is 0 Å². The highest BCUT2D eigenvalue weighted by Gasteiger charge is 2.28. The second-order valence-corrected chi connectivity index (χ2v) is 5.71. The Hall–Kier alpha value is -1.62. The third-order valence-corrected chi connectivity index (χ3v) is 4.47. The van der Waals surface area contributed by atoms with Gasteiger partial charge in [0, 0.05) is 44.5 Å². The van der Waals surface area contributed by atoms with Crippen LogP contribution in [0.4, 0.5) is 0 Å². The molecule has 1 aliphatic heterocycles. The molecule has 0 aromatic carbocycles. The normalized spacial score (nSPS) is 21.3. The van der Waals surface area contributed by atoms with E-state index < -0.39 is 0 Å². The number of aromatic nitrogens is 1. The quantitative estimate of drug-likeness (QED) is 0.878. The molecule has 108 valence electrons. The van der Waals surface area contributed by atoms with Gasteiger partial charge in [-0.15, -0.1) is 0 Å². The van der Waals surface area contributed by atoms with Crippen molar-refractivity contribution in [3.05, 3.63) is 34.2 Å². The van der Waals surface area contributed by atoms with Gasteiger partial charge in [0.2, 0.25) is 5.56 Å². The fraction of sp³-hybridized carbons (Fsp3) is 0.600. The molecule has 1 aliphatic carbocycles. The lowest BCUT2D eigenvalue weighted by molar-refractivity contribution is 0.0573. The largest absolute Gasteiger partial charge is 0.336 e. The van der Waals surface area contributed by atoms with E-state index in [-0.39, 0.29) is 11.5 Å². The molecule has 1 saturated carbocycles. The third kappa shape index (κ3) is 2.77. The fourth-order valence-electron chi connectivity index (χ4n) is 3.29. The summed E-state index contributed by atoms with van der Waals surface area (Å²) in [5.74, 6) is 0.0207. The molecule has 1 amide bonds. The molecule has 1 saturated heterocycles. The number of aromatic amines is 1. The Balaban J connectivity index is 1.58. The van der Waals surface area contributed by atoms with Crippen molar-refractivity contribution in [2.45, 2.75) is 31.7 Å². The molecule has 20 heavy (non-hydrogen) atoms. The molecule has 3 rings (SSSR count). The van der Waals surface area contributed by atoms with E-state index in [9.17, 15) is 9.59 Å². The molecule has 2 aliphatic rings. The summed E-state index contributed by atoms with van der Waals surface area (Å²) in [6.45, 7) is 3.52. The molecule has 1 aromatic rings. The summed E-state index contributed by atoms with van der Waals surface area (Å²) in [5.41, 5.74) is 0.395. The number of amides is 1. The van der Waals surface area contributed by atoms with Gasteiger partial charge in [-0.3, -0.25) is 14.5 Å². The second-order valence-electron chi connectivity index (χ2n) is 5.71. The van der Waals surface area contributed by atoms with Crippen LogP contribution < -0.4 is 5.56 Å². The van der Waals surface area contributed by atoms with E-state index in [0.29, 0.717) is 5.56 Å². The van der Waals surface area contributed by atoms with Crippen molar-refractivity contribution in [3.63, 3.8) is 0 Å². The third-order valence-electron chi connectivity index (χ3n) is 4.47. The van der Waals surface area contributed by atoms with Gasteiger partial charge in [0.05, 0.1) is 5.56 Å². The van der Waals surface area contributed by atoms with Crippen LogP contribution >= 0.6 is 0 Å². The number of nitrogens with one attached hydrogen (secondary N) is 1. The minimum absolute atomic E-state index is 0.0207. The highest BCUT2D eigenvalue weighted by Crippen LogP contribution is 2.24. The maximum atomic E-state index is 12.3. The summed E-state index contributed by atoms with van der Waals surface area (Å²) in [7, 11) is 0. The van der Waals surface area contributed by atoms with Crippen LogP contribution in [0.1, 0.15) is 36.0 Å². The summed E-state index contributed by atoms with van der Waals surface area (Å²) in [6, 6.07) is 3.74. The molecular weight excluding hydrogens is 254 g/mol. The van der Waals surface area contributed by atoms with Gasteiger partial charge < -0.3 is 9.88 Å². The van der Waals surface area contributed by atoms with E-state index in [1.807, 2.05) is 4.90 Å². The first kappa shape index (κ1) is 13.4.